The number of nitrogens with zero attached hydrogens (tertiary/aromatic N) is 5. The summed E-state index contributed by atoms with van der Waals surface area (Å²) < 4.78 is 8.44. The second kappa shape index (κ2) is 8.47. The highest BCUT2D eigenvalue weighted by molar-refractivity contribution is 5.76. The Hall–Kier alpha value is -3.81. The van der Waals surface area contributed by atoms with Gasteiger partial charge in [0.25, 0.3) is 5.56 Å². The van der Waals surface area contributed by atoms with Gasteiger partial charge < -0.3 is 9.30 Å². The normalized spacial score (nSPS) is 10.9. The predicted octanol–water partition coefficient (Wildman–Crippen LogP) is 2.17. The zero-order chi connectivity index (χ0) is 20.1. The first kappa shape index (κ1) is 18.5. The third kappa shape index (κ3) is 4.37. The van der Waals surface area contributed by atoms with E-state index >= 15 is 0 Å². The average Bonchev–Trinajstić information content (AvgIpc) is 3.19. The summed E-state index contributed by atoms with van der Waals surface area (Å²) in [5, 5.41) is 8.36. The van der Waals surface area contributed by atoms with E-state index in [1.54, 1.807) is 30.5 Å². The molecule has 0 atom stereocenters. The first-order valence-electron chi connectivity index (χ1n) is 9.23. The highest BCUT2D eigenvalue weighted by Gasteiger charge is 2.11. The van der Waals surface area contributed by atoms with Gasteiger partial charge in [0.05, 0.1) is 18.4 Å². The minimum atomic E-state index is -0.430. The smallest absolute Gasteiger partial charge is 0.308 e. The van der Waals surface area contributed by atoms with E-state index < -0.39 is 5.97 Å². The molecule has 0 saturated heterocycles. The number of ether oxygens (including phenoxy) is 1. The van der Waals surface area contributed by atoms with Crippen LogP contribution in [0.25, 0.3) is 10.9 Å². The highest BCUT2D eigenvalue weighted by Crippen LogP contribution is 2.07. The van der Waals surface area contributed by atoms with Crippen molar-refractivity contribution in [2.45, 2.75) is 26.1 Å². The summed E-state index contributed by atoms with van der Waals surface area (Å²) in [5.41, 5.74) is 1.38. The summed E-state index contributed by atoms with van der Waals surface area (Å²) >= 11 is 0. The largest absolute Gasteiger partial charge is 0.457 e. The Morgan fingerprint density at radius 3 is 2.69 bits per heavy atom. The molecule has 0 bridgehead atoms. The van der Waals surface area contributed by atoms with Crippen molar-refractivity contribution in [3.63, 3.8) is 0 Å². The first-order chi connectivity index (χ1) is 14.2. The van der Waals surface area contributed by atoms with Gasteiger partial charge in [0, 0.05) is 18.9 Å². The van der Waals surface area contributed by atoms with Gasteiger partial charge in [0.1, 0.15) is 17.9 Å². The predicted molar refractivity (Wildman–Crippen MR) is 106 cm³/mol. The third-order valence-electron chi connectivity index (χ3n) is 4.52. The van der Waals surface area contributed by atoms with Gasteiger partial charge in [-0.2, -0.15) is 0 Å². The molecule has 0 N–H and O–H groups in total. The number of rotatable bonds is 7. The van der Waals surface area contributed by atoms with Crippen LogP contribution < -0.4 is 5.56 Å². The van der Waals surface area contributed by atoms with Gasteiger partial charge in [-0.1, -0.05) is 47.7 Å². The summed E-state index contributed by atoms with van der Waals surface area (Å²) in [6.45, 7) is 0.820. The quantitative estimate of drug-likeness (QED) is 0.450. The van der Waals surface area contributed by atoms with Crippen LogP contribution in [0, 0.1) is 0 Å². The fraction of sp³-hybridized carbons (Fsp3) is 0.190. The van der Waals surface area contributed by atoms with Crippen molar-refractivity contribution in [3.8, 4) is 0 Å². The maximum Gasteiger partial charge on any atom is 0.308 e. The Kier molecular flexibility index (Phi) is 5.42. The molecule has 0 unspecified atom stereocenters. The van der Waals surface area contributed by atoms with Crippen LogP contribution in [0.2, 0.25) is 0 Å². The SMILES string of the molecule is O=C(CCn1nnc2ccccc2c1=O)OCc1nccn1Cc1ccccc1. The number of carbonyl (C=O) groups excluding carboxylic acids is 1. The molecule has 0 aliphatic heterocycles. The van der Waals surface area contributed by atoms with Crippen LogP contribution in [-0.2, 0) is 29.2 Å². The Labute approximate surface area is 166 Å². The van der Waals surface area contributed by atoms with E-state index in [0.717, 1.165) is 5.56 Å². The van der Waals surface area contributed by atoms with Gasteiger partial charge in [-0.15, -0.1) is 5.10 Å². The van der Waals surface area contributed by atoms with Gasteiger partial charge in [0.2, 0.25) is 0 Å². The number of fused-ring (bicyclic) bond motifs is 1. The van der Waals surface area contributed by atoms with Crippen molar-refractivity contribution in [1.29, 1.82) is 0 Å². The van der Waals surface area contributed by atoms with Crippen molar-refractivity contribution in [2.24, 2.45) is 0 Å². The van der Waals surface area contributed by atoms with Crippen LogP contribution >= 0.6 is 0 Å². The van der Waals surface area contributed by atoms with E-state index in [4.69, 9.17) is 4.74 Å². The van der Waals surface area contributed by atoms with Gasteiger partial charge in [-0.3, -0.25) is 9.59 Å². The topological polar surface area (TPSA) is 91.9 Å². The Morgan fingerprint density at radius 2 is 1.83 bits per heavy atom. The molecule has 8 heteroatoms. The molecular formula is C21H19N5O3. The van der Waals surface area contributed by atoms with Gasteiger partial charge in [0.15, 0.2) is 0 Å². The Bertz CT molecular complexity index is 1180. The highest BCUT2D eigenvalue weighted by atomic mass is 16.5. The van der Waals surface area contributed by atoms with E-state index in [-0.39, 0.29) is 25.1 Å². The molecular weight excluding hydrogens is 370 g/mol. The summed E-state index contributed by atoms with van der Waals surface area (Å²) in [7, 11) is 0. The van der Waals surface area contributed by atoms with Crippen LogP contribution in [-0.4, -0.2) is 30.5 Å². The maximum absolute atomic E-state index is 12.4. The zero-order valence-electron chi connectivity index (χ0n) is 15.6. The van der Waals surface area contributed by atoms with Crippen molar-refractivity contribution in [2.75, 3.05) is 0 Å². The molecule has 0 fully saturated rings. The molecule has 0 saturated carbocycles. The van der Waals surface area contributed by atoms with Crippen LogP contribution in [0.1, 0.15) is 17.8 Å². The van der Waals surface area contributed by atoms with E-state index in [1.165, 1.54) is 4.68 Å². The Balaban J connectivity index is 1.34. The van der Waals surface area contributed by atoms with E-state index in [2.05, 4.69) is 15.3 Å². The van der Waals surface area contributed by atoms with Gasteiger partial charge in [-0.05, 0) is 17.7 Å². The lowest BCUT2D eigenvalue weighted by Gasteiger charge is -2.09. The van der Waals surface area contributed by atoms with Crippen LogP contribution in [0.4, 0.5) is 0 Å². The Morgan fingerprint density at radius 1 is 1.03 bits per heavy atom. The van der Waals surface area contributed by atoms with Crippen molar-refractivity contribution >= 4 is 16.9 Å². The monoisotopic (exact) mass is 389 g/mol. The van der Waals surface area contributed by atoms with Crippen LogP contribution in [0.3, 0.4) is 0 Å². The fourth-order valence-electron chi connectivity index (χ4n) is 2.99. The molecule has 2 aromatic heterocycles. The zero-order valence-corrected chi connectivity index (χ0v) is 15.6. The maximum atomic E-state index is 12.4. The second-order valence-electron chi connectivity index (χ2n) is 6.50. The molecule has 0 amide bonds. The van der Waals surface area contributed by atoms with Gasteiger partial charge >= 0.3 is 5.97 Å². The lowest BCUT2D eigenvalue weighted by Crippen LogP contribution is -2.25. The molecule has 8 nitrogen and oxygen atoms in total. The van der Waals surface area contributed by atoms with E-state index in [1.807, 2.05) is 41.1 Å². The van der Waals surface area contributed by atoms with Crippen LogP contribution in [0.5, 0.6) is 0 Å². The fourth-order valence-corrected chi connectivity index (χ4v) is 2.99. The summed E-state index contributed by atoms with van der Waals surface area (Å²) in [6, 6.07) is 16.9. The number of esters is 1. The molecule has 29 heavy (non-hydrogen) atoms. The van der Waals surface area contributed by atoms with Crippen molar-refractivity contribution in [1.82, 2.24) is 24.5 Å². The molecule has 0 spiro atoms. The van der Waals surface area contributed by atoms with Crippen molar-refractivity contribution < 1.29 is 9.53 Å². The lowest BCUT2D eigenvalue weighted by molar-refractivity contribution is -0.145. The second-order valence-corrected chi connectivity index (χ2v) is 6.50. The molecule has 0 aliphatic rings. The molecule has 0 aliphatic carbocycles. The van der Waals surface area contributed by atoms with E-state index in [9.17, 15) is 9.59 Å². The number of hydrogen-bond acceptors (Lipinski definition) is 6. The third-order valence-corrected chi connectivity index (χ3v) is 4.52. The minimum Gasteiger partial charge on any atom is -0.457 e. The van der Waals surface area contributed by atoms with Crippen molar-refractivity contribution in [3.05, 3.63) is 88.7 Å². The molecule has 2 heterocycles. The molecule has 4 aromatic rings. The standard InChI is InChI=1S/C21H19N5O3/c27-20(10-12-26-21(28)17-8-4-5-9-18(17)23-24-26)29-15-19-22-11-13-25(19)14-16-6-2-1-3-7-16/h1-9,11,13H,10,12,14-15H2. The molecule has 2 aromatic carbocycles. The average molecular weight is 389 g/mol. The number of hydrogen-bond donors (Lipinski definition) is 0. The van der Waals surface area contributed by atoms with Crippen LogP contribution in [0.15, 0.2) is 71.8 Å². The summed E-state index contributed by atoms with van der Waals surface area (Å²) in [5.74, 6) is 0.228. The molecule has 0 radical (unpaired) electrons. The number of imidazole rings is 1. The summed E-state index contributed by atoms with van der Waals surface area (Å²) in [4.78, 5) is 28.8. The number of aryl methyl sites for hydroxylation is 1. The number of carbonyl (C=O) groups is 1. The van der Waals surface area contributed by atoms with Gasteiger partial charge in [-0.25, -0.2) is 9.67 Å². The lowest BCUT2D eigenvalue weighted by atomic mass is 10.2. The number of aromatic nitrogens is 5. The minimum absolute atomic E-state index is 0.0202. The molecule has 146 valence electrons. The number of benzene rings is 2. The first-order valence-corrected chi connectivity index (χ1v) is 9.23. The van der Waals surface area contributed by atoms with E-state index in [0.29, 0.717) is 23.3 Å². The molecule has 4 rings (SSSR count). The summed E-state index contributed by atoms with van der Waals surface area (Å²) in [6.07, 6.45) is 3.54.